The Morgan fingerprint density at radius 1 is 1.42 bits per heavy atom. The van der Waals surface area contributed by atoms with Crippen LogP contribution in [0.15, 0.2) is 18.5 Å². The number of pyridine rings is 1. The fourth-order valence-corrected chi connectivity index (χ4v) is 2.03. The zero-order valence-corrected chi connectivity index (χ0v) is 11.7. The van der Waals surface area contributed by atoms with Gasteiger partial charge in [-0.15, -0.1) is 0 Å². The van der Waals surface area contributed by atoms with Crippen LogP contribution in [0.5, 0.6) is 0 Å². The molecule has 98 valence electrons. The fraction of sp³-hybridized carbons (Fsp3) is 0.250. The lowest BCUT2D eigenvalue weighted by molar-refractivity contribution is 0.838. The molecule has 0 atom stereocenters. The predicted molar refractivity (Wildman–Crippen MR) is 74.9 cm³/mol. The standard InChI is InChI=1S/C12H11Cl2N5/c1-2-3-16-11-8(5-15)6-18-19(11)12-10(14)4-9(13)7-17-12/h4,6-7,16H,2-3H2,1H3. The average Bonchev–Trinajstić information content (AvgIpc) is 2.79. The molecule has 1 N–H and O–H groups in total. The normalized spacial score (nSPS) is 10.2. The van der Waals surface area contributed by atoms with E-state index in [1.165, 1.54) is 17.1 Å². The van der Waals surface area contributed by atoms with Crippen molar-refractivity contribution >= 4 is 29.0 Å². The second-order valence-electron chi connectivity index (χ2n) is 3.82. The lowest BCUT2D eigenvalue weighted by Crippen LogP contribution is -2.09. The first-order valence-electron chi connectivity index (χ1n) is 5.70. The number of nitrogens with one attached hydrogen (secondary N) is 1. The van der Waals surface area contributed by atoms with E-state index >= 15 is 0 Å². The maximum Gasteiger partial charge on any atom is 0.174 e. The van der Waals surface area contributed by atoms with Gasteiger partial charge in [-0.05, 0) is 12.5 Å². The molecule has 2 heterocycles. The molecule has 0 aliphatic carbocycles. The van der Waals surface area contributed by atoms with Gasteiger partial charge in [0.15, 0.2) is 5.82 Å². The molecule has 0 aliphatic heterocycles. The van der Waals surface area contributed by atoms with Gasteiger partial charge in [0.05, 0.1) is 16.2 Å². The third-order valence-electron chi connectivity index (χ3n) is 2.42. The van der Waals surface area contributed by atoms with Crippen molar-refractivity contribution in [3.63, 3.8) is 0 Å². The molecule has 0 saturated carbocycles. The largest absolute Gasteiger partial charge is 0.369 e. The van der Waals surface area contributed by atoms with Crippen molar-refractivity contribution < 1.29 is 0 Å². The Morgan fingerprint density at radius 2 is 2.21 bits per heavy atom. The molecule has 0 spiro atoms. The summed E-state index contributed by atoms with van der Waals surface area (Å²) in [5.74, 6) is 1.02. The van der Waals surface area contributed by atoms with Crippen LogP contribution < -0.4 is 5.32 Å². The van der Waals surface area contributed by atoms with E-state index in [0.717, 1.165) is 13.0 Å². The molecule has 0 saturated heterocycles. The van der Waals surface area contributed by atoms with E-state index in [0.29, 0.717) is 27.2 Å². The van der Waals surface area contributed by atoms with Gasteiger partial charge in [-0.3, -0.25) is 0 Å². The molecule has 0 fully saturated rings. The van der Waals surface area contributed by atoms with E-state index in [1.54, 1.807) is 6.07 Å². The molecular weight excluding hydrogens is 285 g/mol. The summed E-state index contributed by atoms with van der Waals surface area (Å²) in [5, 5.41) is 17.2. The molecule has 0 amide bonds. The number of rotatable bonds is 4. The number of halogens is 2. The van der Waals surface area contributed by atoms with Crippen molar-refractivity contribution in [2.24, 2.45) is 0 Å². The summed E-state index contributed by atoms with van der Waals surface area (Å²) >= 11 is 11.9. The molecule has 2 rings (SSSR count). The van der Waals surface area contributed by atoms with Crippen LogP contribution in [0.3, 0.4) is 0 Å². The lowest BCUT2D eigenvalue weighted by Gasteiger charge is -2.10. The van der Waals surface area contributed by atoms with Gasteiger partial charge < -0.3 is 5.32 Å². The Labute approximate surface area is 120 Å². The SMILES string of the molecule is CCCNc1c(C#N)cnn1-c1ncc(Cl)cc1Cl. The molecule has 0 aliphatic rings. The number of hydrogen-bond donors (Lipinski definition) is 1. The quantitative estimate of drug-likeness (QED) is 0.940. The molecule has 2 aromatic heterocycles. The molecule has 2 aromatic rings. The minimum Gasteiger partial charge on any atom is -0.369 e. The minimum absolute atomic E-state index is 0.375. The van der Waals surface area contributed by atoms with E-state index in [4.69, 9.17) is 28.5 Å². The van der Waals surface area contributed by atoms with E-state index < -0.39 is 0 Å². The van der Waals surface area contributed by atoms with Gasteiger partial charge in [0.2, 0.25) is 0 Å². The highest BCUT2D eigenvalue weighted by Gasteiger charge is 2.15. The van der Waals surface area contributed by atoms with Gasteiger partial charge in [-0.25, -0.2) is 4.98 Å². The lowest BCUT2D eigenvalue weighted by atomic mass is 10.3. The second-order valence-corrected chi connectivity index (χ2v) is 4.66. The summed E-state index contributed by atoms with van der Waals surface area (Å²) in [7, 11) is 0. The highest BCUT2D eigenvalue weighted by atomic mass is 35.5. The number of aromatic nitrogens is 3. The zero-order chi connectivity index (χ0) is 13.8. The van der Waals surface area contributed by atoms with Crippen molar-refractivity contribution in [1.82, 2.24) is 14.8 Å². The first-order valence-corrected chi connectivity index (χ1v) is 6.46. The molecular formula is C12H11Cl2N5. The predicted octanol–water partition coefficient (Wildman–Crippen LogP) is 3.27. The van der Waals surface area contributed by atoms with Crippen LogP contribution in [-0.2, 0) is 0 Å². The highest BCUT2D eigenvalue weighted by Crippen LogP contribution is 2.25. The second kappa shape index (κ2) is 5.91. The van der Waals surface area contributed by atoms with Crippen LogP contribution in [0, 0.1) is 11.3 Å². The van der Waals surface area contributed by atoms with Gasteiger partial charge >= 0.3 is 0 Å². The topological polar surface area (TPSA) is 66.5 Å². The average molecular weight is 296 g/mol. The Bertz CT molecular complexity index is 630. The van der Waals surface area contributed by atoms with Crippen LogP contribution in [-0.4, -0.2) is 21.3 Å². The van der Waals surface area contributed by atoms with Crippen molar-refractivity contribution in [2.75, 3.05) is 11.9 Å². The first-order chi connectivity index (χ1) is 9.17. The van der Waals surface area contributed by atoms with Crippen LogP contribution in [0.4, 0.5) is 5.82 Å². The van der Waals surface area contributed by atoms with Crippen LogP contribution in [0.25, 0.3) is 5.82 Å². The minimum atomic E-state index is 0.375. The molecule has 5 nitrogen and oxygen atoms in total. The fourth-order valence-electron chi connectivity index (χ4n) is 1.57. The van der Waals surface area contributed by atoms with E-state index in [9.17, 15) is 0 Å². The Balaban J connectivity index is 2.50. The Hall–Kier alpha value is -1.77. The Kier molecular flexibility index (Phi) is 4.25. The number of nitriles is 1. The van der Waals surface area contributed by atoms with Crippen LogP contribution in [0.2, 0.25) is 10.0 Å². The van der Waals surface area contributed by atoms with Crippen molar-refractivity contribution in [3.05, 3.63) is 34.1 Å². The summed E-state index contributed by atoms with van der Waals surface area (Å²) in [6.07, 6.45) is 3.89. The molecule has 0 radical (unpaired) electrons. The maximum absolute atomic E-state index is 9.07. The molecule has 7 heteroatoms. The third kappa shape index (κ3) is 2.80. The molecule has 19 heavy (non-hydrogen) atoms. The first kappa shape index (κ1) is 13.7. The summed E-state index contributed by atoms with van der Waals surface area (Å²) in [6, 6.07) is 3.67. The van der Waals surface area contributed by atoms with Gasteiger partial charge in [0, 0.05) is 12.7 Å². The molecule has 0 aromatic carbocycles. The summed E-state index contributed by atoms with van der Waals surface area (Å²) in [4.78, 5) is 4.15. The number of anilines is 1. The monoisotopic (exact) mass is 295 g/mol. The number of hydrogen-bond acceptors (Lipinski definition) is 4. The Morgan fingerprint density at radius 3 is 2.84 bits per heavy atom. The molecule has 0 unspecified atom stereocenters. The zero-order valence-electron chi connectivity index (χ0n) is 10.2. The molecule has 0 bridgehead atoms. The van der Waals surface area contributed by atoms with E-state index in [2.05, 4.69) is 21.5 Å². The summed E-state index contributed by atoms with van der Waals surface area (Å²) in [5.41, 5.74) is 0.446. The van der Waals surface area contributed by atoms with Gasteiger partial charge in [-0.1, -0.05) is 30.1 Å². The van der Waals surface area contributed by atoms with Crippen molar-refractivity contribution in [1.29, 1.82) is 5.26 Å². The number of nitrogens with zero attached hydrogens (tertiary/aromatic N) is 4. The van der Waals surface area contributed by atoms with Crippen LogP contribution in [0.1, 0.15) is 18.9 Å². The summed E-state index contributed by atoms with van der Waals surface area (Å²) in [6.45, 7) is 2.76. The van der Waals surface area contributed by atoms with Crippen molar-refractivity contribution in [2.45, 2.75) is 13.3 Å². The smallest absolute Gasteiger partial charge is 0.174 e. The van der Waals surface area contributed by atoms with Gasteiger partial charge in [-0.2, -0.15) is 15.0 Å². The van der Waals surface area contributed by atoms with Gasteiger partial charge in [0.25, 0.3) is 0 Å². The summed E-state index contributed by atoms with van der Waals surface area (Å²) < 4.78 is 1.51. The van der Waals surface area contributed by atoms with E-state index in [-0.39, 0.29) is 0 Å². The van der Waals surface area contributed by atoms with Gasteiger partial charge in [0.1, 0.15) is 17.5 Å². The maximum atomic E-state index is 9.07. The van der Waals surface area contributed by atoms with E-state index in [1.807, 2.05) is 6.92 Å². The highest BCUT2D eigenvalue weighted by molar-refractivity contribution is 6.35. The third-order valence-corrected chi connectivity index (χ3v) is 2.91. The van der Waals surface area contributed by atoms with Crippen LogP contribution >= 0.6 is 23.2 Å². The van der Waals surface area contributed by atoms with Crippen molar-refractivity contribution in [3.8, 4) is 11.9 Å².